The first-order valence-corrected chi connectivity index (χ1v) is 6.88. The van der Waals surface area contributed by atoms with Crippen molar-refractivity contribution in [2.24, 2.45) is 5.92 Å². The van der Waals surface area contributed by atoms with Crippen molar-refractivity contribution in [3.63, 3.8) is 0 Å². The molecular formula is C13H20N4O3. The Morgan fingerprint density at radius 3 is 2.90 bits per heavy atom. The van der Waals surface area contributed by atoms with Crippen molar-refractivity contribution < 1.29 is 14.7 Å². The Morgan fingerprint density at radius 2 is 2.25 bits per heavy atom. The van der Waals surface area contributed by atoms with Gasteiger partial charge in [0, 0.05) is 31.5 Å². The molecule has 1 aromatic rings. The van der Waals surface area contributed by atoms with Crippen LogP contribution in [0.1, 0.15) is 25.7 Å². The average molecular weight is 280 g/mol. The number of nitrogens with zero attached hydrogens (tertiary/aromatic N) is 2. The molecule has 0 saturated heterocycles. The van der Waals surface area contributed by atoms with E-state index in [4.69, 9.17) is 5.11 Å². The number of carboxylic acid groups (broad SMARTS) is 1. The van der Waals surface area contributed by atoms with Gasteiger partial charge in [-0.25, -0.2) is 9.78 Å². The van der Waals surface area contributed by atoms with E-state index in [0.29, 0.717) is 19.4 Å². The predicted molar refractivity (Wildman–Crippen MR) is 72.1 cm³/mol. The molecule has 2 atom stereocenters. The first-order chi connectivity index (χ1) is 9.65. The van der Waals surface area contributed by atoms with Crippen molar-refractivity contribution in [3.8, 4) is 0 Å². The minimum absolute atomic E-state index is 0.0234. The molecule has 7 nitrogen and oxygen atoms in total. The van der Waals surface area contributed by atoms with Crippen LogP contribution in [0.5, 0.6) is 0 Å². The van der Waals surface area contributed by atoms with Crippen molar-refractivity contribution in [1.82, 2.24) is 20.2 Å². The first kappa shape index (κ1) is 14.4. The zero-order valence-corrected chi connectivity index (χ0v) is 11.3. The van der Waals surface area contributed by atoms with Crippen molar-refractivity contribution in [2.45, 2.75) is 38.3 Å². The first-order valence-electron chi connectivity index (χ1n) is 6.88. The SMILES string of the molecule is O=C(NCCCn1ccnc1)NC1CCC(C(=O)O)C1. The van der Waals surface area contributed by atoms with Crippen LogP contribution in [0.4, 0.5) is 4.79 Å². The van der Waals surface area contributed by atoms with E-state index >= 15 is 0 Å². The van der Waals surface area contributed by atoms with Gasteiger partial charge < -0.3 is 20.3 Å². The lowest BCUT2D eigenvalue weighted by atomic mass is 10.1. The van der Waals surface area contributed by atoms with Gasteiger partial charge in [0.05, 0.1) is 12.2 Å². The van der Waals surface area contributed by atoms with Gasteiger partial charge in [0.2, 0.25) is 0 Å². The Balaban J connectivity index is 1.58. The second-order valence-corrected chi connectivity index (χ2v) is 5.10. The molecule has 2 amide bonds. The van der Waals surface area contributed by atoms with E-state index < -0.39 is 5.97 Å². The number of amides is 2. The highest BCUT2D eigenvalue weighted by atomic mass is 16.4. The summed E-state index contributed by atoms with van der Waals surface area (Å²) in [4.78, 5) is 26.4. The van der Waals surface area contributed by atoms with Gasteiger partial charge in [-0.3, -0.25) is 4.79 Å². The van der Waals surface area contributed by atoms with Crippen LogP contribution in [0, 0.1) is 5.92 Å². The van der Waals surface area contributed by atoms with E-state index in [0.717, 1.165) is 19.4 Å². The summed E-state index contributed by atoms with van der Waals surface area (Å²) in [5.74, 6) is -1.09. The number of aromatic nitrogens is 2. The van der Waals surface area contributed by atoms with Crippen LogP contribution in [0.2, 0.25) is 0 Å². The van der Waals surface area contributed by atoms with Crippen LogP contribution >= 0.6 is 0 Å². The Kier molecular flexibility index (Phi) is 4.97. The summed E-state index contributed by atoms with van der Waals surface area (Å²) in [5, 5.41) is 14.5. The molecule has 1 aliphatic rings. The molecule has 3 N–H and O–H groups in total. The van der Waals surface area contributed by atoms with Crippen molar-refractivity contribution in [3.05, 3.63) is 18.7 Å². The molecule has 1 aromatic heterocycles. The molecule has 1 saturated carbocycles. The van der Waals surface area contributed by atoms with E-state index in [1.54, 1.807) is 12.5 Å². The minimum Gasteiger partial charge on any atom is -0.481 e. The molecule has 20 heavy (non-hydrogen) atoms. The molecule has 0 aliphatic heterocycles. The fraction of sp³-hybridized carbons (Fsp3) is 0.615. The molecule has 0 bridgehead atoms. The van der Waals surface area contributed by atoms with Gasteiger partial charge in [-0.15, -0.1) is 0 Å². The normalized spacial score (nSPS) is 21.6. The molecular weight excluding hydrogens is 260 g/mol. The van der Waals surface area contributed by atoms with Gasteiger partial charge in [0.25, 0.3) is 0 Å². The highest BCUT2D eigenvalue weighted by Gasteiger charge is 2.30. The van der Waals surface area contributed by atoms with Crippen LogP contribution < -0.4 is 10.6 Å². The van der Waals surface area contributed by atoms with Crippen LogP contribution in [-0.2, 0) is 11.3 Å². The lowest BCUT2D eigenvalue weighted by Gasteiger charge is -2.13. The summed E-state index contributed by atoms with van der Waals surface area (Å²) in [5.41, 5.74) is 0. The Morgan fingerprint density at radius 1 is 1.40 bits per heavy atom. The van der Waals surface area contributed by atoms with Crippen molar-refractivity contribution in [1.29, 1.82) is 0 Å². The quantitative estimate of drug-likeness (QED) is 0.672. The Bertz CT molecular complexity index is 446. The molecule has 7 heteroatoms. The minimum atomic E-state index is -0.768. The number of carbonyl (C=O) groups excluding carboxylic acids is 1. The zero-order chi connectivity index (χ0) is 14.4. The Hall–Kier alpha value is -2.05. The van der Waals surface area contributed by atoms with E-state index in [2.05, 4.69) is 15.6 Å². The largest absolute Gasteiger partial charge is 0.481 e. The van der Waals surface area contributed by atoms with Crippen molar-refractivity contribution >= 4 is 12.0 Å². The number of rotatable bonds is 6. The van der Waals surface area contributed by atoms with Gasteiger partial charge in [-0.2, -0.15) is 0 Å². The summed E-state index contributed by atoms with van der Waals surface area (Å²) in [7, 11) is 0. The fourth-order valence-electron chi connectivity index (χ4n) is 2.46. The number of hydrogen-bond acceptors (Lipinski definition) is 3. The van der Waals surface area contributed by atoms with E-state index in [9.17, 15) is 9.59 Å². The molecule has 0 radical (unpaired) electrons. The summed E-state index contributed by atoms with van der Waals surface area (Å²) in [6, 6.07) is -0.239. The molecule has 2 unspecified atom stereocenters. The number of urea groups is 1. The number of carbonyl (C=O) groups is 2. The third-order valence-corrected chi connectivity index (χ3v) is 3.55. The third kappa shape index (κ3) is 4.25. The Labute approximate surface area is 117 Å². The second-order valence-electron chi connectivity index (χ2n) is 5.10. The maximum absolute atomic E-state index is 11.6. The van der Waals surface area contributed by atoms with E-state index in [-0.39, 0.29) is 18.0 Å². The smallest absolute Gasteiger partial charge is 0.315 e. The van der Waals surface area contributed by atoms with Crippen LogP contribution in [-0.4, -0.2) is 39.2 Å². The molecule has 0 aromatic carbocycles. The number of carboxylic acids is 1. The standard InChI is InChI=1S/C13H20N4O3/c18-12(19)10-2-3-11(8-10)16-13(20)15-4-1-6-17-7-5-14-9-17/h5,7,9-11H,1-4,6,8H2,(H,18,19)(H2,15,16,20). The van der Waals surface area contributed by atoms with Crippen molar-refractivity contribution in [2.75, 3.05) is 6.54 Å². The average Bonchev–Trinajstić information content (AvgIpc) is 3.05. The second kappa shape index (κ2) is 6.93. The molecule has 2 rings (SSSR count). The highest BCUT2D eigenvalue weighted by Crippen LogP contribution is 2.25. The number of aliphatic carboxylic acids is 1. The van der Waals surface area contributed by atoms with Gasteiger partial charge in [0.15, 0.2) is 0 Å². The number of aryl methyl sites for hydroxylation is 1. The lowest BCUT2D eigenvalue weighted by Crippen LogP contribution is -2.41. The predicted octanol–water partition coefficient (Wildman–Crippen LogP) is 0.826. The lowest BCUT2D eigenvalue weighted by molar-refractivity contribution is -0.141. The van der Waals surface area contributed by atoms with Gasteiger partial charge >= 0.3 is 12.0 Å². The van der Waals surface area contributed by atoms with Gasteiger partial charge in [-0.1, -0.05) is 0 Å². The molecule has 110 valence electrons. The number of hydrogen-bond donors (Lipinski definition) is 3. The highest BCUT2D eigenvalue weighted by molar-refractivity contribution is 5.75. The van der Waals surface area contributed by atoms with Gasteiger partial charge in [0.1, 0.15) is 0 Å². The summed E-state index contributed by atoms with van der Waals surface area (Å²) < 4.78 is 1.95. The van der Waals surface area contributed by atoms with E-state index in [1.807, 2.05) is 10.8 Å². The van der Waals surface area contributed by atoms with Crippen LogP contribution in [0.3, 0.4) is 0 Å². The van der Waals surface area contributed by atoms with Crippen LogP contribution in [0.15, 0.2) is 18.7 Å². The maximum atomic E-state index is 11.6. The molecule has 1 fully saturated rings. The van der Waals surface area contributed by atoms with Crippen LogP contribution in [0.25, 0.3) is 0 Å². The summed E-state index contributed by atoms with van der Waals surface area (Å²) >= 11 is 0. The fourth-order valence-corrected chi connectivity index (χ4v) is 2.46. The number of nitrogens with one attached hydrogen (secondary N) is 2. The van der Waals surface area contributed by atoms with E-state index in [1.165, 1.54) is 0 Å². The molecule has 0 spiro atoms. The maximum Gasteiger partial charge on any atom is 0.315 e. The monoisotopic (exact) mass is 280 g/mol. The summed E-state index contributed by atoms with van der Waals surface area (Å²) in [6.45, 7) is 1.39. The van der Waals surface area contributed by atoms with Gasteiger partial charge in [-0.05, 0) is 25.7 Å². The molecule has 1 aliphatic carbocycles. The summed E-state index contributed by atoms with van der Waals surface area (Å²) in [6.07, 6.45) is 8.07. The zero-order valence-electron chi connectivity index (χ0n) is 11.3. The third-order valence-electron chi connectivity index (χ3n) is 3.55. The topological polar surface area (TPSA) is 96.3 Å². The molecule has 1 heterocycles. The number of imidazole rings is 1.